The highest BCUT2D eigenvalue weighted by atomic mass is 31.2. The van der Waals surface area contributed by atoms with E-state index in [0.717, 1.165) is 141 Å². The summed E-state index contributed by atoms with van der Waals surface area (Å²) in [6.07, 6.45) is 87.7. The molecule has 1 amide bonds. The molecular formula is C74H130N2O7P+. The Bertz CT molecular complexity index is 1850. The zero-order valence-electron chi connectivity index (χ0n) is 55.1. The minimum Gasteiger partial charge on any atom is -0.456 e. The summed E-state index contributed by atoms with van der Waals surface area (Å²) in [5.74, 6) is -0.534. The van der Waals surface area contributed by atoms with Crippen LogP contribution < -0.4 is 5.32 Å². The van der Waals surface area contributed by atoms with Crippen molar-refractivity contribution in [2.45, 2.75) is 296 Å². The number of hydrogen-bond acceptors (Lipinski definition) is 6. The largest absolute Gasteiger partial charge is 0.472 e. The molecule has 0 saturated carbocycles. The van der Waals surface area contributed by atoms with Gasteiger partial charge in [-0.15, -0.1) is 0 Å². The van der Waals surface area contributed by atoms with Crippen molar-refractivity contribution in [1.82, 2.24) is 5.32 Å². The van der Waals surface area contributed by atoms with Gasteiger partial charge in [0.05, 0.1) is 33.8 Å². The van der Waals surface area contributed by atoms with Crippen molar-refractivity contribution in [2.75, 3.05) is 40.9 Å². The second-order valence-electron chi connectivity index (χ2n) is 24.0. The molecule has 0 aromatic carbocycles. The summed E-state index contributed by atoms with van der Waals surface area (Å²) in [5.41, 5.74) is 0. The van der Waals surface area contributed by atoms with Gasteiger partial charge >= 0.3 is 13.8 Å². The van der Waals surface area contributed by atoms with Crippen molar-refractivity contribution < 1.29 is 37.3 Å². The van der Waals surface area contributed by atoms with Crippen LogP contribution in [0.2, 0.25) is 0 Å². The molecule has 3 unspecified atom stereocenters. The van der Waals surface area contributed by atoms with Crippen molar-refractivity contribution in [3.63, 3.8) is 0 Å². The molecule has 0 aromatic heterocycles. The smallest absolute Gasteiger partial charge is 0.456 e. The van der Waals surface area contributed by atoms with E-state index >= 15 is 0 Å². The van der Waals surface area contributed by atoms with Gasteiger partial charge in [-0.05, 0) is 122 Å². The maximum absolute atomic E-state index is 13.6. The number of nitrogens with one attached hydrogen (secondary N) is 1. The lowest BCUT2D eigenvalue weighted by Crippen LogP contribution is -2.47. The first-order chi connectivity index (χ1) is 40.9. The summed E-state index contributed by atoms with van der Waals surface area (Å²) in [7, 11) is 1.47. The quantitative estimate of drug-likeness (QED) is 0.0205. The van der Waals surface area contributed by atoms with E-state index in [1.807, 2.05) is 33.3 Å². The van der Waals surface area contributed by atoms with Crippen LogP contribution in [0.4, 0.5) is 0 Å². The molecule has 2 N–H and O–H groups in total. The number of amides is 1. The third-order valence-electron chi connectivity index (χ3n) is 14.6. The summed E-state index contributed by atoms with van der Waals surface area (Å²) < 4.78 is 30.8. The highest BCUT2D eigenvalue weighted by Crippen LogP contribution is 2.43. The molecule has 0 rings (SSSR count). The molecule has 0 spiro atoms. The van der Waals surface area contributed by atoms with Crippen LogP contribution in [0.1, 0.15) is 284 Å². The van der Waals surface area contributed by atoms with E-state index in [9.17, 15) is 19.0 Å². The highest BCUT2D eigenvalue weighted by Gasteiger charge is 2.30. The van der Waals surface area contributed by atoms with E-state index in [2.05, 4.69) is 135 Å². The van der Waals surface area contributed by atoms with Crippen molar-refractivity contribution >= 4 is 19.7 Å². The Labute approximate surface area is 518 Å². The number of allylic oxidation sites excluding steroid dienone is 19. The fourth-order valence-corrected chi connectivity index (χ4v) is 10.1. The normalized spacial score (nSPS) is 14.3. The zero-order chi connectivity index (χ0) is 61.4. The number of hydrogen-bond donors (Lipinski definition) is 2. The third kappa shape index (κ3) is 62.9. The van der Waals surface area contributed by atoms with Crippen LogP contribution in [-0.2, 0) is 27.9 Å². The molecule has 0 aliphatic heterocycles. The van der Waals surface area contributed by atoms with Crippen LogP contribution in [0.5, 0.6) is 0 Å². The van der Waals surface area contributed by atoms with Gasteiger partial charge in [0, 0.05) is 12.8 Å². The van der Waals surface area contributed by atoms with Crippen LogP contribution >= 0.6 is 7.82 Å². The topological polar surface area (TPSA) is 111 Å². The Hall–Kier alpha value is -3.59. The second kappa shape index (κ2) is 62.5. The second-order valence-corrected chi connectivity index (χ2v) is 25.4. The van der Waals surface area contributed by atoms with Gasteiger partial charge in [-0.3, -0.25) is 18.6 Å². The molecule has 0 fully saturated rings. The number of nitrogens with zero attached hydrogens (tertiary/aromatic N) is 1. The summed E-state index contributed by atoms with van der Waals surface area (Å²) in [6.45, 7) is 6.86. The van der Waals surface area contributed by atoms with Crippen molar-refractivity contribution in [2.24, 2.45) is 0 Å². The van der Waals surface area contributed by atoms with Crippen molar-refractivity contribution in [3.8, 4) is 0 Å². The third-order valence-corrected chi connectivity index (χ3v) is 15.6. The SMILES string of the molecule is CC/C=C\C/C=C\C/C=C\C/C=C\C/C=C\C/C=C\CCCCCCCCC(=O)OC(/C=C/CCCCCCCCCCCC)C(COP(=O)(O)OCC[N+](C)(C)C)NC(=O)CCCCCCCCCC/C=C\C/C=C\C/C=C\CCCCC. The maximum atomic E-state index is 13.6. The number of esters is 1. The lowest BCUT2D eigenvalue weighted by atomic mass is 10.0. The number of ether oxygens (including phenoxy) is 1. The number of phosphoric ester groups is 1. The fraction of sp³-hybridized carbons (Fsp3) is 0.703. The van der Waals surface area contributed by atoms with Gasteiger partial charge in [-0.2, -0.15) is 0 Å². The Morgan fingerprint density at radius 1 is 0.429 bits per heavy atom. The summed E-state index contributed by atoms with van der Waals surface area (Å²) in [6, 6.07) is -0.868. The van der Waals surface area contributed by atoms with E-state index < -0.39 is 20.0 Å². The van der Waals surface area contributed by atoms with Gasteiger partial charge in [-0.25, -0.2) is 4.57 Å². The summed E-state index contributed by atoms with van der Waals surface area (Å²) in [5, 5.41) is 3.06. The van der Waals surface area contributed by atoms with E-state index in [0.29, 0.717) is 23.9 Å². The molecule has 3 atom stereocenters. The number of carbonyl (C=O) groups excluding carboxylic acids is 2. The van der Waals surface area contributed by atoms with Crippen LogP contribution in [-0.4, -0.2) is 74.3 Å². The maximum Gasteiger partial charge on any atom is 0.472 e. The van der Waals surface area contributed by atoms with Gasteiger partial charge < -0.3 is 19.4 Å². The average molecular weight is 1190 g/mol. The molecule has 0 heterocycles. The molecule has 482 valence electrons. The van der Waals surface area contributed by atoms with Gasteiger partial charge in [-0.1, -0.05) is 271 Å². The van der Waals surface area contributed by atoms with E-state index in [1.165, 1.54) is 103 Å². The highest BCUT2D eigenvalue weighted by molar-refractivity contribution is 7.47. The monoisotopic (exact) mass is 1190 g/mol. The molecule has 0 aliphatic rings. The van der Waals surface area contributed by atoms with Crippen LogP contribution in [0.3, 0.4) is 0 Å². The first-order valence-electron chi connectivity index (χ1n) is 34.4. The number of quaternary nitrogens is 1. The van der Waals surface area contributed by atoms with Crippen LogP contribution in [0.25, 0.3) is 0 Å². The standard InChI is InChI=1S/C74H129N2O7P/c1-7-10-13-16-19-22-25-28-30-32-34-36-37-38-39-41-43-45-47-49-52-55-58-61-64-67-74(78)83-72(65-62-59-56-53-50-27-24-21-18-15-12-9-3)71(70-82-84(79,80)81-69-68-76(4,5)6)75-73(77)66-63-60-57-54-51-48-46-44-42-40-35-33-31-29-26-23-20-17-14-11-8-2/h10,13,19-20,22-23,28-31,34-36,38-40,43,45,62,65,71-72H,7-9,11-12,14-18,21,24-27,32-33,37,41-42,44,46-61,63-64,66-70H2,1-6H3,(H-,75,77,79,80)/p+1/b13-10-,22-19-,23-20-,30-28-,31-29-,36-34-,39-38-,40-35-,45-43-,65-62+. The number of unbranched alkanes of at least 4 members (excludes halogenated alkanes) is 27. The van der Waals surface area contributed by atoms with Crippen LogP contribution in [0.15, 0.2) is 122 Å². The molecule has 0 radical (unpaired) electrons. The van der Waals surface area contributed by atoms with Crippen molar-refractivity contribution in [3.05, 3.63) is 122 Å². The van der Waals surface area contributed by atoms with E-state index in [-0.39, 0.29) is 31.5 Å². The lowest BCUT2D eigenvalue weighted by molar-refractivity contribution is -0.870. The van der Waals surface area contributed by atoms with E-state index in [1.54, 1.807) is 0 Å². The first-order valence-corrected chi connectivity index (χ1v) is 35.9. The Balaban J connectivity index is 5.19. The summed E-state index contributed by atoms with van der Waals surface area (Å²) >= 11 is 0. The molecule has 0 aromatic rings. The van der Waals surface area contributed by atoms with Gasteiger partial charge in [0.2, 0.25) is 5.91 Å². The molecule has 0 saturated heterocycles. The fourth-order valence-electron chi connectivity index (χ4n) is 9.36. The predicted octanol–water partition coefficient (Wildman–Crippen LogP) is 21.8. The first kappa shape index (κ1) is 80.4. The minimum atomic E-state index is -4.47. The molecule has 84 heavy (non-hydrogen) atoms. The number of phosphoric acid groups is 1. The Morgan fingerprint density at radius 2 is 0.762 bits per heavy atom. The average Bonchev–Trinajstić information content (AvgIpc) is 3.64. The Morgan fingerprint density at radius 3 is 1.17 bits per heavy atom. The molecule has 10 heteroatoms. The molecule has 9 nitrogen and oxygen atoms in total. The number of carbonyl (C=O) groups is 2. The predicted molar refractivity (Wildman–Crippen MR) is 364 cm³/mol. The molecule has 0 aliphatic carbocycles. The molecular weight excluding hydrogens is 1060 g/mol. The van der Waals surface area contributed by atoms with E-state index in [4.69, 9.17) is 13.8 Å². The number of likely N-dealkylation sites (N-methyl/N-ethyl adjacent to an activating group) is 1. The zero-order valence-corrected chi connectivity index (χ0v) is 56.0. The lowest BCUT2D eigenvalue weighted by Gasteiger charge is -2.27. The Kier molecular flexibility index (Phi) is 59.8. The van der Waals surface area contributed by atoms with Gasteiger partial charge in [0.25, 0.3) is 0 Å². The number of rotatable bonds is 61. The van der Waals surface area contributed by atoms with Crippen molar-refractivity contribution in [1.29, 1.82) is 0 Å². The van der Waals surface area contributed by atoms with Crippen LogP contribution in [0, 0.1) is 0 Å². The molecule has 0 bridgehead atoms. The van der Waals surface area contributed by atoms with Gasteiger partial charge in [0.1, 0.15) is 19.3 Å². The minimum absolute atomic E-state index is 0.0300. The summed E-state index contributed by atoms with van der Waals surface area (Å²) in [4.78, 5) is 37.9. The van der Waals surface area contributed by atoms with Gasteiger partial charge in [0.15, 0.2) is 0 Å².